The van der Waals surface area contributed by atoms with Crippen molar-refractivity contribution < 1.29 is 0 Å². The molecular formula is C51H41N. The Bertz CT molecular complexity index is 2600. The van der Waals surface area contributed by atoms with Gasteiger partial charge in [0.05, 0.1) is 5.70 Å². The van der Waals surface area contributed by atoms with Gasteiger partial charge in [-0.3, -0.25) is 4.99 Å². The smallest absolute Gasteiger partial charge is 0.0667 e. The summed E-state index contributed by atoms with van der Waals surface area (Å²) in [5.74, 6) is -0.0383. The minimum absolute atomic E-state index is 0.0383. The maximum atomic E-state index is 4.91. The molecule has 250 valence electrons. The first-order chi connectivity index (χ1) is 25.6. The van der Waals surface area contributed by atoms with Gasteiger partial charge >= 0.3 is 0 Å². The van der Waals surface area contributed by atoms with Gasteiger partial charge in [-0.05, 0) is 104 Å². The molecule has 0 amide bonds. The van der Waals surface area contributed by atoms with Crippen LogP contribution in [0.5, 0.6) is 0 Å². The first-order valence-electron chi connectivity index (χ1n) is 18.1. The lowest BCUT2D eigenvalue weighted by molar-refractivity contribution is 0.997. The molecule has 52 heavy (non-hydrogen) atoms. The fourth-order valence-electron chi connectivity index (χ4n) is 7.73. The summed E-state index contributed by atoms with van der Waals surface area (Å²) < 4.78 is 0. The van der Waals surface area contributed by atoms with E-state index in [1.165, 1.54) is 71.3 Å². The lowest BCUT2D eigenvalue weighted by Gasteiger charge is -2.21. The number of hydrogen-bond donors (Lipinski definition) is 0. The average Bonchev–Trinajstić information content (AvgIpc) is 3.20. The Morgan fingerprint density at radius 3 is 1.83 bits per heavy atom. The summed E-state index contributed by atoms with van der Waals surface area (Å²) >= 11 is 0. The van der Waals surface area contributed by atoms with Gasteiger partial charge in [0.15, 0.2) is 0 Å². The summed E-state index contributed by atoms with van der Waals surface area (Å²) in [6.45, 7) is 8.61. The Morgan fingerprint density at radius 2 is 1.13 bits per heavy atom. The number of hydrogen-bond acceptors (Lipinski definition) is 1. The zero-order valence-electron chi connectivity index (χ0n) is 29.8. The van der Waals surface area contributed by atoms with Crippen LogP contribution in [0.4, 0.5) is 0 Å². The summed E-state index contributed by atoms with van der Waals surface area (Å²) in [5.41, 5.74) is 11.7. The highest BCUT2D eigenvalue weighted by atomic mass is 14.7. The highest BCUT2D eigenvalue weighted by molar-refractivity contribution is 6.25. The normalized spacial score (nSPS) is 12.5. The van der Waals surface area contributed by atoms with Crippen LogP contribution in [0.2, 0.25) is 0 Å². The number of aliphatic imine (C=N–C) groups is 1. The molecule has 0 saturated carbocycles. The summed E-state index contributed by atoms with van der Waals surface area (Å²) in [6.07, 6.45) is 4.99. The largest absolute Gasteiger partial charge is 0.261 e. The number of nitrogens with zero attached hydrogens (tertiary/aromatic N) is 1. The Hall–Kier alpha value is -6.31. The van der Waals surface area contributed by atoms with E-state index in [2.05, 4.69) is 189 Å². The van der Waals surface area contributed by atoms with E-state index in [-0.39, 0.29) is 5.92 Å². The maximum Gasteiger partial charge on any atom is 0.0667 e. The van der Waals surface area contributed by atoms with E-state index in [4.69, 9.17) is 4.99 Å². The van der Waals surface area contributed by atoms with Gasteiger partial charge in [-0.2, -0.15) is 0 Å². The zero-order chi connectivity index (χ0) is 35.4. The van der Waals surface area contributed by atoms with Gasteiger partial charge < -0.3 is 0 Å². The summed E-state index contributed by atoms with van der Waals surface area (Å²) in [7, 11) is 0. The SMILES string of the molecule is C=C(C)C(/C=C(\N=CC)c1cccc(-c2ccccc2)c1)c1ccccc1-c1ccccc1Cc1ccc2c3ccccc3c3ccccc3c2c1. The van der Waals surface area contributed by atoms with E-state index in [1.54, 1.807) is 0 Å². The Kier molecular flexibility index (Phi) is 9.17. The van der Waals surface area contributed by atoms with E-state index in [0.717, 1.165) is 23.3 Å². The molecule has 0 aliphatic heterocycles. The molecule has 0 aromatic heterocycles. The van der Waals surface area contributed by atoms with Gasteiger partial charge in [0, 0.05) is 17.7 Å². The molecule has 0 N–H and O–H groups in total. The van der Waals surface area contributed by atoms with Crippen molar-refractivity contribution >= 4 is 44.2 Å². The monoisotopic (exact) mass is 667 g/mol. The second-order valence-corrected chi connectivity index (χ2v) is 13.6. The summed E-state index contributed by atoms with van der Waals surface area (Å²) in [4.78, 5) is 4.91. The predicted octanol–water partition coefficient (Wildman–Crippen LogP) is 13.9. The molecule has 1 atom stereocenters. The Morgan fingerprint density at radius 1 is 0.558 bits per heavy atom. The van der Waals surface area contributed by atoms with Gasteiger partial charge in [0.2, 0.25) is 0 Å². The van der Waals surface area contributed by atoms with Crippen LogP contribution in [0.3, 0.4) is 0 Å². The van der Waals surface area contributed by atoms with E-state index >= 15 is 0 Å². The van der Waals surface area contributed by atoms with Crippen LogP contribution in [-0.4, -0.2) is 6.21 Å². The molecule has 1 heteroatoms. The van der Waals surface area contributed by atoms with Crippen LogP contribution >= 0.6 is 0 Å². The molecule has 8 aromatic carbocycles. The average molecular weight is 668 g/mol. The van der Waals surface area contributed by atoms with Crippen LogP contribution < -0.4 is 0 Å². The van der Waals surface area contributed by atoms with Gasteiger partial charge in [0.1, 0.15) is 0 Å². The number of benzene rings is 8. The molecule has 0 aliphatic rings. The second-order valence-electron chi connectivity index (χ2n) is 13.6. The summed E-state index contributed by atoms with van der Waals surface area (Å²) in [6, 6.07) is 61.5. The topological polar surface area (TPSA) is 12.4 Å². The van der Waals surface area contributed by atoms with Crippen molar-refractivity contribution in [2.75, 3.05) is 0 Å². The van der Waals surface area contributed by atoms with Gasteiger partial charge in [-0.1, -0.05) is 176 Å². The first-order valence-corrected chi connectivity index (χ1v) is 18.1. The molecule has 0 bridgehead atoms. The van der Waals surface area contributed by atoms with Crippen molar-refractivity contribution in [2.24, 2.45) is 4.99 Å². The quantitative estimate of drug-likeness (QED) is 0.0825. The minimum atomic E-state index is -0.0383. The fraction of sp³-hybridized carbons (Fsp3) is 0.0784. The van der Waals surface area contributed by atoms with Crippen molar-refractivity contribution in [1.29, 1.82) is 0 Å². The predicted molar refractivity (Wildman–Crippen MR) is 225 cm³/mol. The van der Waals surface area contributed by atoms with Crippen molar-refractivity contribution in [3.05, 3.63) is 210 Å². The van der Waals surface area contributed by atoms with Crippen LogP contribution in [0.15, 0.2) is 193 Å². The fourth-order valence-corrected chi connectivity index (χ4v) is 7.73. The molecule has 0 fully saturated rings. The van der Waals surface area contributed by atoms with E-state index < -0.39 is 0 Å². The lowest BCUT2D eigenvalue weighted by Crippen LogP contribution is -2.02. The van der Waals surface area contributed by atoms with Gasteiger partial charge in [0.25, 0.3) is 0 Å². The van der Waals surface area contributed by atoms with Crippen LogP contribution in [0.1, 0.15) is 42.0 Å². The van der Waals surface area contributed by atoms with Crippen molar-refractivity contribution in [3.8, 4) is 22.3 Å². The number of rotatable bonds is 9. The third-order valence-electron chi connectivity index (χ3n) is 10.2. The molecule has 0 heterocycles. The number of fused-ring (bicyclic) bond motifs is 6. The van der Waals surface area contributed by atoms with Crippen LogP contribution in [0, 0.1) is 0 Å². The molecule has 0 saturated heterocycles. The lowest BCUT2D eigenvalue weighted by atomic mass is 9.83. The molecular weight excluding hydrogens is 627 g/mol. The maximum absolute atomic E-state index is 4.91. The Balaban J connectivity index is 1.20. The Labute approximate surface area is 307 Å². The van der Waals surface area contributed by atoms with Crippen LogP contribution in [0.25, 0.3) is 60.3 Å². The highest BCUT2D eigenvalue weighted by Crippen LogP contribution is 2.39. The standard InChI is InChI=1S/C51H41N/c1-4-52-51(40-21-16-20-38(33-40)37-17-6-5-7-18-37)34-49(35(2)3)46-27-14-10-23-42(46)41-22-9-8-19-39(41)31-36-29-30-48-45-26-12-11-24-43(45)44-25-13-15-28-47(44)50(48)32-36/h4-30,32-34,49H,2,31H2,1,3H3/b51-34-,52-4?. The zero-order valence-corrected chi connectivity index (χ0v) is 29.8. The molecule has 8 aromatic rings. The second kappa shape index (κ2) is 14.5. The van der Waals surface area contributed by atoms with Crippen molar-refractivity contribution in [3.63, 3.8) is 0 Å². The van der Waals surface area contributed by atoms with Gasteiger partial charge in [-0.15, -0.1) is 0 Å². The summed E-state index contributed by atoms with van der Waals surface area (Å²) in [5, 5.41) is 7.81. The van der Waals surface area contributed by atoms with Crippen molar-refractivity contribution in [1.82, 2.24) is 0 Å². The third kappa shape index (κ3) is 6.38. The highest BCUT2D eigenvalue weighted by Gasteiger charge is 2.19. The van der Waals surface area contributed by atoms with E-state index in [1.807, 2.05) is 13.1 Å². The third-order valence-corrected chi connectivity index (χ3v) is 10.2. The minimum Gasteiger partial charge on any atom is -0.261 e. The van der Waals surface area contributed by atoms with E-state index in [0.29, 0.717) is 0 Å². The van der Waals surface area contributed by atoms with Gasteiger partial charge in [-0.25, -0.2) is 0 Å². The molecule has 0 spiro atoms. The van der Waals surface area contributed by atoms with Crippen LogP contribution in [-0.2, 0) is 6.42 Å². The number of allylic oxidation sites excluding steroid dienone is 2. The molecule has 1 unspecified atom stereocenters. The first kappa shape index (κ1) is 32.9. The van der Waals surface area contributed by atoms with E-state index in [9.17, 15) is 0 Å². The van der Waals surface area contributed by atoms with Crippen molar-refractivity contribution in [2.45, 2.75) is 26.2 Å². The molecule has 0 radical (unpaired) electrons. The molecule has 1 nitrogen and oxygen atoms in total. The molecule has 0 aliphatic carbocycles. The molecule has 8 rings (SSSR count).